The summed E-state index contributed by atoms with van der Waals surface area (Å²) >= 11 is 0. The Bertz CT molecular complexity index is 614. The van der Waals surface area contributed by atoms with Gasteiger partial charge in [0.15, 0.2) is 0 Å². The summed E-state index contributed by atoms with van der Waals surface area (Å²) < 4.78 is 10.5. The maximum Gasteiger partial charge on any atom is 0.345 e. The van der Waals surface area contributed by atoms with E-state index in [0.29, 0.717) is 13.1 Å². The maximum absolute atomic E-state index is 11.9. The molecular weight excluding hydrogens is 290 g/mol. The minimum absolute atomic E-state index is 0.0627. The molecule has 2 saturated heterocycles. The molecule has 0 saturated carbocycles. The molecule has 2 fully saturated rings. The molecule has 1 unspecified atom stereocenters. The average Bonchev–Trinajstić information content (AvgIpc) is 2.92. The van der Waals surface area contributed by atoms with Crippen LogP contribution in [0.3, 0.4) is 0 Å². The summed E-state index contributed by atoms with van der Waals surface area (Å²) in [7, 11) is 0. The third-order valence-electron chi connectivity index (χ3n) is 4.16. The van der Waals surface area contributed by atoms with Crippen LogP contribution in [0.4, 0.5) is 11.5 Å². The Kier molecular flexibility index (Phi) is 3.69. The fourth-order valence-electron chi connectivity index (χ4n) is 2.97. The van der Waals surface area contributed by atoms with E-state index in [9.17, 15) is 14.9 Å². The molecule has 1 aromatic heterocycles. The van der Waals surface area contributed by atoms with E-state index in [1.54, 1.807) is 6.92 Å². The third kappa shape index (κ3) is 2.39. The number of carbonyl (C=O) groups excluding carboxylic acids is 1. The van der Waals surface area contributed by atoms with Gasteiger partial charge in [-0.3, -0.25) is 10.1 Å². The summed E-state index contributed by atoms with van der Waals surface area (Å²) in [6.45, 7) is 3.73. The highest BCUT2D eigenvalue weighted by Gasteiger charge is 2.46. The summed E-state index contributed by atoms with van der Waals surface area (Å²) in [6.07, 6.45) is 3.17. The summed E-state index contributed by atoms with van der Waals surface area (Å²) in [5, 5.41) is 11.5. The van der Waals surface area contributed by atoms with Crippen molar-refractivity contribution < 1.29 is 19.2 Å². The zero-order valence-corrected chi connectivity index (χ0v) is 12.3. The van der Waals surface area contributed by atoms with Crippen LogP contribution in [0.1, 0.15) is 30.1 Å². The van der Waals surface area contributed by atoms with Gasteiger partial charge in [-0.1, -0.05) is 0 Å². The van der Waals surface area contributed by atoms with Gasteiger partial charge in [0.05, 0.1) is 23.7 Å². The van der Waals surface area contributed by atoms with E-state index in [1.807, 2.05) is 4.90 Å². The lowest BCUT2D eigenvalue weighted by Crippen LogP contribution is -2.46. The monoisotopic (exact) mass is 307 g/mol. The lowest BCUT2D eigenvalue weighted by atomic mass is 9.94. The van der Waals surface area contributed by atoms with E-state index in [0.717, 1.165) is 19.4 Å². The van der Waals surface area contributed by atoms with E-state index >= 15 is 0 Å². The quantitative estimate of drug-likeness (QED) is 0.473. The minimum atomic E-state index is -0.702. The van der Waals surface area contributed by atoms with E-state index < -0.39 is 10.9 Å². The summed E-state index contributed by atoms with van der Waals surface area (Å²) in [4.78, 5) is 28.8. The molecule has 118 valence electrons. The summed E-state index contributed by atoms with van der Waals surface area (Å²) in [5.41, 5.74) is -0.556. The van der Waals surface area contributed by atoms with E-state index in [2.05, 4.69) is 4.98 Å². The molecule has 0 aromatic carbocycles. The van der Waals surface area contributed by atoms with Gasteiger partial charge in [0.2, 0.25) is 5.82 Å². The number of aromatic nitrogens is 1. The van der Waals surface area contributed by atoms with Crippen molar-refractivity contribution in [2.75, 3.05) is 31.2 Å². The highest BCUT2D eigenvalue weighted by atomic mass is 16.6. The summed E-state index contributed by atoms with van der Waals surface area (Å²) in [6, 6.07) is 1.32. The van der Waals surface area contributed by atoms with Gasteiger partial charge < -0.3 is 14.4 Å². The number of hydrogen-bond acceptors (Lipinski definition) is 7. The standard InChI is InChI=1S/C14H17N3O5/c1-2-21-13(18)10-3-6-15-12(11(10)17(19)20)16-7-4-14(9-16)5-8-22-14/h3,6H,2,4-5,7-9H2,1H3. The Morgan fingerprint density at radius 2 is 2.36 bits per heavy atom. The zero-order valence-electron chi connectivity index (χ0n) is 12.3. The minimum Gasteiger partial charge on any atom is -0.462 e. The van der Waals surface area contributed by atoms with Crippen LogP contribution in [0, 0.1) is 10.1 Å². The van der Waals surface area contributed by atoms with Crippen LogP contribution in [0.5, 0.6) is 0 Å². The first-order valence-electron chi connectivity index (χ1n) is 7.26. The predicted molar refractivity (Wildman–Crippen MR) is 77.0 cm³/mol. The van der Waals surface area contributed by atoms with Gasteiger partial charge in [-0.15, -0.1) is 0 Å². The Morgan fingerprint density at radius 1 is 1.59 bits per heavy atom. The molecule has 1 atom stereocenters. The van der Waals surface area contributed by atoms with Crippen LogP contribution in [-0.4, -0.2) is 47.8 Å². The molecule has 0 amide bonds. The summed E-state index contributed by atoms with van der Waals surface area (Å²) in [5.74, 6) is -0.491. The molecule has 2 aliphatic heterocycles. The van der Waals surface area contributed by atoms with Crippen molar-refractivity contribution in [3.05, 3.63) is 27.9 Å². The van der Waals surface area contributed by atoms with Crippen molar-refractivity contribution >= 4 is 17.5 Å². The number of anilines is 1. The number of nitrogens with zero attached hydrogens (tertiary/aromatic N) is 3. The van der Waals surface area contributed by atoms with Crippen molar-refractivity contribution in [2.24, 2.45) is 0 Å². The number of pyridine rings is 1. The van der Waals surface area contributed by atoms with Crippen LogP contribution in [0.25, 0.3) is 0 Å². The maximum atomic E-state index is 11.9. The van der Waals surface area contributed by atoms with Crippen LogP contribution in [-0.2, 0) is 9.47 Å². The van der Waals surface area contributed by atoms with Crippen molar-refractivity contribution in [2.45, 2.75) is 25.4 Å². The van der Waals surface area contributed by atoms with Gasteiger partial charge in [-0.05, 0) is 19.4 Å². The van der Waals surface area contributed by atoms with Crippen molar-refractivity contribution in [3.63, 3.8) is 0 Å². The molecule has 1 aromatic rings. The van der Waals surface area contributed by atoms with E-state index in [1.165, 1.54) is 12.3 Å². The fraction of sp³-hybridized carbons (Fsp3) is 0.571. The molecule has 8 nitrogen and oxygen atoms in total. The number of esters is 1. The number of hydrogen-bond donors (Lipinski definition) is 0. The number of nitro groups is 1. The van der Waals surface area contributed by atoms with Gasteiger partial charge in [0, 0.05) is 25.7 Å². The van der Waals surface area contributed by atoms with Gasteiger partial charge in [-0.25, -0.2) is 9.78 Å². The first kappa shape index (κ1) is 14.7. The SMILES string of the molecule is CCOC(=O)c1ccnc(N2CCC3(CCO3)C2)c1[N+](=O)[O-]. The molecular formula is C14H17N3O5. The highest BCUT2D eigenvalue weighted by Crippen LogP contribution is 2.40. The Morgan fingerprint density at radius 3 is 2.91 bits per heavy atom. The van der Waals surface area contributed by atoms with Gasteiger partial charge >= 0.3 is 11.7 Å². The van der Waals surface area contributed by atoms with Crippen LogP contribution in [0.15, 0.2) is 12.3 Å². The zero-order chi connectivity index (χ0) is 15.7. The molecule has 3 heterocycles. The molecule has 3 rings (SSSR count). The molecule has 8 heteroatoms. The second kappa shape index (κ2) is 5.53. The fourth-order valence-corrected chi connectivity index (χ4v) is 2.97. The first-order chi connectivity index (χ1) is 10.6. The number of rotatable bonds is 4. The topological polar surface area (TPSA) is 94.8 Å². The van der Waals surface area contributed by atoms with Gasteiger partial charge in [0.25, 0.3) is 0 Å². The van der Waals surface area contributed by atoms with E-state index in [-0.39, 0.29) is 29.3 Å². The molecule has 0 bridgehead atoms. The van der Waals surface area contributed by atoms with Crippen LogP contribution >= 0.6 is 0 Å². The second-order valence-corrected chi connectivity index (χ2v) is 5.46. The molecule has 0 radical (unpaired) electrons. The van der Waals surface area contributed by atoms with Crippen molar-refractivity contribution in [3.8, 4) is 0 Å². The highest BCUT2D eigenvalue weighted by molar-refractivity contribution is 5.96. The van der Waals surface area contributed by atoms with E-state index in [4.69, 9.17) is 9.47 Å². The van der Waals surface area contributed by atoms with Crippen LogP contribution in [0.2, 0.25) is 0 Å². The largest absolute Gasteiger partial charge is 0.462 e. The second-order valence-electron chi connectivity index (χ2n) is 5.46. The van der Waals surface area contributed by atoms with Crippen molar-refractivity contribution in [1.29, 1.82) is 0 Å². The molecule has 2 aliphatic rings. The Labute approximate surface area is 127 Å². The molecule has 1 spiro atoms. The number of carbonyl (C=O) groups is 1. The molecule has 0 aliphatic carbocycles. The van der Waals surface area contributed by atoms with Crippen LogP contribution < -0.4 is 4.90 Å². The van der Waals surface area contributed by atoms with Gasteiger partial charge in [0.1, 0.15) is 5.56 Å². The third-order valence-corrected chi connectivity index (χ3v) is 4.16. The van der Waals surface area contributed by atoms with Gasteiger partial charge in [-0.2, -0.15) is 0 Å². The molecule has 22 heavy (non-hydrogen) atoms. The molecule has 0 N–H and O–H groups in total. The predicted octanol–water partition coefficient (Wildman–Crippen LogP) is 1.54. The average molecular weight is 307 g/mol. The smallest absolute Gasteiger partial charge is 0.345 e. The Balaban J connectivity index is 1.95. The Hall–Kier alpha value is -2.22. The lowest BCUT2D eigenvalue weighted by Gasteiger charge is -2.38. The lowest BCUT2D eigenvalue weighted by molar-refractivity contribution is -0.384. The normalized spacial score (nSPS) is 23.4. The number of ether oxygens (including phenoxy) is 2. The van der Waals surface area contributed by atoms with Crippen molar-refractivity contribution in [1.82, 2.24) is 4.98 Å². The first-order valence-corrected chi connectivity index (χ1v) is 7.26.